The third kappa shape index (κ3) is 4.15. The van der Waals surface area contributed by atoms with E-state index in [0.29, 0.717) is 16.5 Å². The first-order chi connectivity index (χ1) is 14.4. The van der Waals surface area contributed by atoms with E-state index in [-0.39, 0.29) is 11.7 Å². The molecule has 7 heteroatoms. The van der Waals surface area contributed by atoms with E-state index in [4.69, 9.17) is 11.6 Å². The van der Waals surface area contributed by atoms with E-state index in [9.17, 15) is 4.79 Å². The van der Waals surface area contributed by atoms with E-state index < -0.39 is 0 Å². The molecular formula is C23H18BrClN4O. The molecule has 0 aliphatic carbocycles. The monoisotopic (exact) mass is 480 g/mol. The first-order valence-electron chi connectivity index (χ1n) is 9.29. The molecule has 0 aliphatic heterocycles. The Morgan fingerprint density at radius 1 is 1.03 bits per heavy atom. The number of halogens is 2. The van der Waals surface area contributed by atoms with Crippen molar-refractivity contribution in [2.24, 2.45) is 0 Å². The Hall–Kier alpha value is -2.96. The second kappa shape index (κ2) is 8.42. The Labute approximate surface area is 187 Å². The van der Waals surface area contributed by atoms with Crippen LogP contribution < -0.4 is 5.32 Å². The van der Waals surface area contributed by atoms with Crippen molar-refractivity contribution < 1.29 is 4.79 Å². The van der Waals surface area contributed by atoms with Crippen molar-refractivity contribution in [3.63, 3.8) is 0 Å². The number of nitrogens with zero attached hydrogens (tertiary/aromatic N) is 3. The number of benzene rings is 3. The van der Waals surface area contributed by atoms with E-state index in [0.717, 1.165) is 26.9 Å². The summed E-state index contributed by atoms with van der Waals surface area (Å²) in [6.07, 6.45) is 0. The van der Waals surface area contributed by atoms with Crippen molar-refractivity contribution in [3.05, 3.63) is 93.2 Å². The predicted molar refractivity (Wildman–Crippen MR) is 123 cm³/mol. The first kappa shape index (κ1) is 20.3. The summed E-state index contributed by atoms with van der Waals surface area (Å²) < 4.78 is 2.58. The summed E-state index contributed by atoms with van der Waals surface area (Å²) >= 11 is 9.46. The number of anilines is 1. The average Bonchev–Trinajstić information content (AvgIpc) is 3.16. The Bertz CT molecular complexity index is 1230. The molecule has 4 rings (SSSR count). The molecule has 0 unspecified atom stereocenters. The molecular weight excluding hydrogens is 464 g/mol. The maximum Gasteiger partial charge on any atom is 0.295 e. The number of carbonyl (C=O) groups is 1. The summed E-state index contributed by atoms with van der Waals surface area (Å²) in [6, 6.07) is 20.7. The maximum absolute atomic E-state index is 12.9. The molecule has 5 nitrogen and oxygen atoms in total. The molecule has 150 valence electrons. The highest BCUT2D eigenvalue weighted by atomic mass is 79.9. The highest BCUT2D eigenvalue weighted by molar-refractivity contribution is 9.10. The van der Waals surface area contributed by atoms with Gasteiger partial charge in [-0.05, 0) is 73.5 Å². The quantitative estimate of drug-likeness (QED) is 0.376. The van der Waals surface area contributed by atoms with Gasteiger partial charge in [0, 0.05) is 20.7 Å². The second-order valence-electron chi connectivity index (χ2n) is 6.86. The van der Waals surface area contributed by atoms with Gasteiger partial charge in [-0.2, -0.15) is 0 Å². The number of nitrogens with one attached hydrogen (secondary N) is 1. The van der Waals surface area contributed by atoms with Crippen LogP contribution in [-0.4, -0.2) is 20.7 Å². The Balaban J connectivity index is 1.80. The lowest BCUT2D eigenvalue weighted by molar-refractivity contribution is 0.101. The number of rotatable bonds is 4. The van der Waals surface area contributed by atoms with Crippen molar-refractivity contribution in [1.82, 2.24) is 14.8 Å². The molecule has 1 heterocycles. The van der Waals surface area contributed by atoms with Crippen LogP contribution in [0.25, 0.3) is 17.1 Å². The summed E-state index contributed by atoms with van der Waals surface area (Å²) in [5.41, 5.74) is 4.54. The predicted octanol–water partition coefficient (Wildman–Crippen LogP) is 6.22. The zero-order chi connectivity index (χ0) is 21.3. The lowest BCUT2D eigenvalue weighted by Crippen LogP contribution is -2.14. The first-order valence-corrected chi connectivity index (χ1v) is 10.5. The van der Waals surface area contributed by atoms with E-state index in [1.807, 2.05) is 68.4 Å². The van der Waals surface area contributed by atoms with Crippen molar-refractivity contribution in [2.75, 3.05) is 5.32 Å². The largest absolute Gasteiger partial charge is 0.319 e. The molecule has 30 heavy (non-hydrogen) atoms. The minimum absolute atomic E-state index is 0.0841. The Morgan fingerprint density at radius 2 is 1.77 bits per heavy atom. The van der Waals surface area contributed by atoms with Crippen LogP contribution in [0.4, 0.5) is 5.69 Å². The van der Waals surface area contributed by atoms with Gasteiger partial charge in [-0.1, -0.05) is 45.7 Å². The Kier molecular flexibility index (Phi) is 5.70. The molecule has 0 atom stereocenters. The minimum Gasteiger partial charge on any atom is -0.319 e. The van der Waals surface area contributed by atoms with Gasteiger partial charge in [-0.15, -0.1) is 5.10 Å². The van der Waals surface area contributed by atoms with Crippen LogP contribution in [0.1, 0.15) is 21.7 Å². The molecule has 4 aromatic rings. The van der Waals surface area contributed by atoms with Crippen LogP contribution in [0.2, 0.25) is 5.02 Å². The van der Waals surface area contributed by atoms with Crippen LogP contribution in [-0.2, 0) is 0 Å². The van der Waals surface area contributed by atoms with Crippen molar-refractivity contribution in [2.45, 2.75) is 13.8 Å². The molecule has 0 bridgehead atoms. The standard InChI is InChI=1S/C23H18BrClN4O/c1-14-5-3-8-20(15(14)2)29-22(16-9-11-18(25)12-10-16)27-21(28-29)23(30)26-19-7-4-6-17(24)13-19/h3-13H,1-2H3,(H,26,30). The fraction of sp³-hybridized carbons (Fsp3) is 0.0870. The number of aromatic nitrogens is 3. The Morgan fingerprint density at radius 3 is 2.50 bits per heavy atom. The number of hydrogen-bond acceptors (Lipinski definition) is 3. The lowest BCUT2D eigenvalue weighted by atomic mass is 10.1. The molecule has 0 fully saturated rings. The lowest BCUT2D eigenvalue weighted by Gasteiger charge is -2.11. The van der Waals surface area contributed by atoms with Gasteiger partial charge in [-0.3, -0.25) is 4.79 Å². The smallest absolute Gasteiger partial charge is 0.295 e. The molecule has 0 radical (unpaired) electrons. The van der Waals surface area contributed by atoms with Crippen molar-refractivity contribution in [1.29, 1.82) is 0 Å². The summed E-state index contributed by atoms with van der Waals surface area (Å²) in [5.74, 6) is 0.271. The third-order valence-corrected chi connectivity index (χ3v) is 5.54. The fourth-order valence-corrected chi connectivity index (χ4v) is 3.61. The number of carbonyl (C=O) groups excluding carboxylic acids is 1. The summed E-state index contributed by atoms with van der Waals surface area (Å²) in [5, 5.41) is 8.03. The normalized spacial score (nSPS) is 10.8. The van der Waals surface area contributed by atoms with E-state index in [1.54, 1.807) is 16.8 Å². The van der Waals surface area contributed by atoms with Gasteiger partial charge >= 0.3 is 0 Å². The molecule has 0 spiro atoms. The van der Waals surface area contributed by atoms with Gasteiger partial charge in [0.05, 0.1) is 5.69 Å². The van der Waals surface area contributed by atoms with Crippen LogP contribution in [0.15, 0.2) is 71.2 Å². The van der Waals surface area contributed by atoms with Crippen LogP contribution >= 0.6 is 27.5 Å². The highest BCUT2D eigenvalue weighted by Gasteiger charge is 2.20. The highest BCUT2D eigenvalue weighted by Crippen LogP contribution is 2.26. The van der Waals surface area contributed by atoms with Gasteiger partial charge in [0.25, 0.3) is 5.91 Å². The molecule has 0 saturated carbocycles. The van der Waals surface area contributed by atoms with Crippen LogP contribution in [0, 0.1) is 13.8 Å². The minimum atomic E-state index is -0.382. The van der Waals surface area contributed by atoms with Crippen LogP contribution in [0.5, 0.6) is 0 Å². The van der Waals surface area contributed by atoms with Gasteiger partial charge in [-0.25, -0.2) is 9.67 Å². The zero-order valence-electron chi connectivity index (χ0n) is 16.4. The van der Waals surface area contributed by atoms with Gasteiger partial charge < -0.3 is 5.32 Å². The molecule has 0 aliphatic rings. The molecule has 3 aromatic carbocycles. The number of hydrogen-bond donors (Lipinski definition) is 1. The average molecular weight is 482 g/mol. The third-order valence-electron chi connectivity index (χ3n) is 4.80. The summed E-state index contributed by atoms with van der Waals surface area (Å²) in [4.78, 5) is 17.4. The zero-order valence-corrected chi connectivity index (χ0v) is 18.7. The van der Waals surface area contributed by atoms with Gasteiger partial charge in [0.2, 0.25) is 5.82 Å². The number of amides is 1. The van der Waals surface area contributed by atoms with E-state index in [1.165, 1.54) is 0 Å². The topological polar surface area (TPSA) is 59.8 Å². The molecule has 1 aromatic heterocycles. The SMILES string of the molecule is Cc1cccc(-n2nc(C(=O)Nc3cccc(Br)c3)nc2-c2ccc(Cl)cc2)c1C. The molecule has 1 amide bonds. The molecule has 0 saturated heterocycles. The number of aryl methyl sites for hydroxylation is 1. The maximum atomic E-state index is 12.9. The van der Waals surface area contributed by atoms with E-state index >= 15 is 0 Å². The second-order valence-corrected chi connectivity index (χ2v) is 8.21. The summed E-state index contributed by atoms with van der Waals surface area (Å²) in [7, 11) is 0. The van der Waals surface area contributed by atoms with Gasteiger partial charge in [0.15, 0.2) is 5.82 Å². The van der Waals surface area contributed by atoms with E-state index in [2.05, 4.69) is 31.3 Å². The van der Waals surface area contributed by atoms with Crippen LogP contribution in [0.3, 0.4) is 0 Å². The molecule has 1 N–H and O–H groups in total. The summed E-state index contributed by atoms with van der Waals surface area (Å²) in [6.45, 7) is 4.07. The van der Waals surface area contributed by atoms with Gasteiger partial charge in [0.1, 0.15) is 0 Å². The van der Waals surface area contributed by atoms with Crippen molar-refractivity contribution in [3.8, 4) is 17.1 Å². The van der Waals surface area contributed by atoms with Crippen molar-refractivity contribution >= 4 is 39.1 Å². The fourth-order valence-electron chi connectivity index (χ4n) is 3.08.